The number of carboxylic acid groups (broad SMARTS) is 2. The monoisotopic (exact) mass is 397 g/mol. The van der Waals surface area contributed by atoms with Gasteiger partial charge in [-0.1, -0.05) is 30.2 Å². The van der Waals surface area contributed by atoms with Crippen LogP contribution in [0.1, 0.15) is 38.6 Å². The molecule has 0 spiro atoms. The topological polar surface area (TPSA) is 113 Å². The van der Waals surface area contributed by atoms with Crippen LogP contribution in [0.5, 0.6) is 0 Å². The summed E-state index contributed by atoms with van der Waals surface area (Å²) < 4.78 is 38.7. The van der Waals surface area contributed by atoms with Crippen LogP contribution in [-0.4, -0.2) is 47.4 Å². The molecule has 1 saturated heterocycles. The number of hydrogen-bond donors (Lipinski definition) is 1. The van der Waals surface area contributed by atoms with Crippen molar-refractivity contribution in [1.29, 1.82) is 0 Å². The summed E-state index contributed by atoms with van der Waals surface area (Å²) in [5.74, 6) is -3.48. The Balaban J connectivity index is 0.00000480. The second kappa shape index (κ2) is 12.9. The van der Waals surface area contributed by atoms with Crippen LogP contribution in [0.2, 0.25) is 0 Å². The molecule has 3 atom stereocenters. The maximum Gasteiger partial charge on any atom is 1.00 e. The molecule has 1 aromatic rings. The average molecular weight is 397 g/mol. The number of benzene rings is 1. The number of aliphatic carboxylic acids is 2. The van der Waals surface area contributed by atoms with Gasteiger partial charge in [-0.3, -0.25) is 10.1 Å². The van der Waals surface area contributed by atoms with Gasteiger partial charge in [0.05, 0.1) is 30.9 Å². The number of nitrogens with one attached hydrogen (secondary N) is 1. The molecule has 0 saturated carbocycles. The molecular formula is C18H22N2Na2O5. The molecule has 0 radical (unpaired) electrons. The summed E-state index contributed by atoms with van der Waals surface area (Å²) in [6.07, 6.45) is 0.405. The normalized spacial score (nSPS) is 20.6. The molecule has 0 unspecified atom stereocenters. The zero-order valence-electron chi connectivity index (χ0n) is 20.8. The number of carboxylic acids is 2. The molecule has 1 heterocycles. The van der Waals surface area contributed by atoms with Crippen LogP contribution in [0, 0.1) is 0 Å². The molecule has 1 amide bonds. The standard InChI is InChI=1S/C18H24N2O5.2Na/c1-12(16(21)20-11-5-8-15(20)18(24)25)19-14(17(22)23)10-9-13-6-3-2-4-7-13;;/h2-4,6-7,12,14-15,19H,5,8-11H2,1H3,(H,22,23)(H,24,25);;/q;2*+1/p-2/t12-,14-,15-;;/m0../s1/i2D,3D,4D,6D,7D;;. The summed E-state index contributed by atoms with van der Waals surface area (Å²) in [6.45, 7) is 1.62. The Kier molecular flexibility index (Phi) is 8.91. The van der Waals surface area contributed by atoms with Gasteiger partial charge < -0.3 is 24.7 Å². The van der Waals surface area contributed by atoms with E-state index in [-0.39, 0.29) is 90.5 Å². The van der Waals surface area contributed by atoms with Crippen LogP contribution in [0.25, 0.3) is 0 Å². The number of carbonyl (C=O) groups excluding carboxylic acids is 3. The molecule has 1 fully saturated rings. The maximum atomic E-state index is 12.6. The first-order valence-electron chi connectivity index (χ1n) is 10.5. The molecule has 27 heavy (non-hydrogen) atoms. The quantitative estimate of drug-likeness (QED) is 0.436. The van der Waals surface area contributed by atoms with Crippen molar-refractivity contribution in [2.24, 2.45) is 0 Å². The molecule has 1 N–H and O–H groups in total. The van der Waals surface area contributed by atoms with Gasteiger partial charge in [0.2, 0.25) is 5.91 Å². The van der Waals surface area contributed by atoms with Crippen LogP contribution < -0.4 is 74.6 Å². The molecule has 1 aromatic carbocycles. The van der Waals surface area contributed by atoms with E-state index in [1.165, 1.54) is 6.92 Å². The van der Waals surface area contributed by atoms with Crippen LogP contribution in [0.15, 0.2) is 30.2 Å². The molecule has 7 nitrogen and oxygen atoms in total. The number of nitrogens with zero attached hydrogens (tertiary/aromatic N) is 1. The van der Waals surface area contributed by atoms with E-state index in [9.17, 15) is 24.6 Å². The summed E-state index contributed by atoms with van der Waals surface area (Å²) in [4.78, 5) is 36.4. The minimum atomic E-state index is -1.53. The first-order valence-corrected chi connectivity index (χ1v) is 8.01. The van der Waals surface area contributed by atoms with E-state index in [2.05, 4.69) is 5.32 Å². The fourth-order valence-corrected chi connectivity index (χ4v) is 2.86. The van der Waals surface area contributed by atoms with Gasteiger partial charge in [0, 0.05) is 12.6 Å². The fourth-order valence-electron chi connectivity index (χ4n) is 2.86. The molecule has 9 heteroatoms. The van der Waals surface area contributed by atoms with Crippen LogP contribution in [0.3, 0.4) is 0 Å². The van der Waals surface area contributed by atoms with E-state index < -0.39 is 66.2 Å². The zero-order valence-corrected chi connectivity index (χ0v) is 19.8. The van der Waals surface area contributed by atoms with Crippen molar-refractivity contribution in [3.05, 3.63) is 35.8 Å². The van der Waals surface area contributed by atoms with Crippen molar-refractivity contribution < 1.29 is 90.6 Å². The first kappa shape index (κ1) is 18.6. The van der Waals surface area contributed by atoms with Crippen molar-refractivity contribution >= 4 is 17.8 Å². The summed E-state index contributed by atoms with van der Waals surface area (Å²) in [5.41, 5.74) is -0.0374. The van der Waals surface area contributed by atoms with Gasteiger partial charge in [-0.05, 0) is 38.2 Å². The minimum Gasteiger partial charge on any atom is -0.548 e. The predicted molar refractivity (Wildman–Crippen MR) is 85.9 cm³/mol. The van der Waals surface area contributed by atoms with E-state index >= 15 is 0 Å². The van der Waals surface area contributed by atoms with Gasteiger partial charge in [0.1, 0.15) is 0 Å². The second-order valence-corrected chi connectivity index (χ2v) is 5.91. The smallest absolute Gasteiger partial charge is 0.548 e. The Labute approximate surface area is 210 Å². The Bertz CT molecular complexity index is 848. The average Bonchev–Trinajstić information content (AvgIpc) is 3.19. The summed E-state index contributed by atoms with van der Waals surface area (Å²) in [6, 6.07) is -5.87. The molecule has 1 aliphatic rings. The summed E-state index contributed by atoms with van der Waals surface area (Å²) >= 11 is 0. The third-order valence-electron chi connectivity index (χ3n) is 4.15. The third-order valence-corrected chi connectivity index (χ3v) is 4.15. The molecule has 136 valence electrons. The van der Waals surface area contributed by atoms with Gasteiger partial charge in [-0.2, -0.15) is 0 Å². The number of likely N-dealkylation sites (tertiary alicyclic amines) is 1. The summed E-state index contributed by atoms with van der Waals surface area (Å²) in [7, 11) is 0. The Morgan fingerprint density at radius 3 is 2.44 bits per heavy atom. The first-order chi connectivity index (χ1) is 14.0. The van der Waals surface area contributed by atoms with Crippen LogP contribution >= 0.6 is 0 Å². The summed E-state index contributed by atoms with van der Waals surface area (Å²) in [5, 5.41) is 25.3. The SMILES string of the molecule is [2H]c1c([2H])c([2H])c(CC[C@H](N[C@@H](C)C(=O)N2CCC[C@H]2C(=O)[O-])C(=O)[O-])c([2H])c1[2H].[Na+].[Na+]. The van der Waals surface area contributed by atoms with Crippen LogP contribution in [-0.2, 0) is 20.8 Å². The van der Waals surface area contributed by atoms with E-state index in [1.54, 1.807) is 0 Å². The third kappa shape index (κ3) is 7.85. The van der Waals surface area contributed by atoms with E-state index in [0.29, 0.717) is 6.42 Å². The van der Waals surface area contributed by atoms with Gasteiger partial charge in [-0.15, -0.1) is 0 Å². The molecule has 0 aliphatic carbocycles. The zero-order chi connectivity index (χ0) is 22.7. The minimum absolute atomic E-state index is 0. The largest absolute Gasteiger partial charge is 1.00 e. The Hall–Kier alpha value is -0.410. The van der Waals surface area contributed by atoms with Gasteiger partial charge in [0.25, 0.3) is 0 Å². The second-order valence-electron chi connectivity index (χ2n) is 5.91. The number of amides is 1. The molecule has 2 rings (SSSR count). The van der Waals surface area contributed by atoms with Gasteiger partial charge in [-0.25, -0.2) is 0 Å². The molecule has 0 aromatic heterocycles. The molecule has 1 aliphatic heterocycles. The van der Waals surface area contributed by atoms with E-state index in [0.717, 1.165) is 4.90 Å². The molecular weight excluding hydrogens is 370 g/mol. The number of rotatable bonds is 8. The van der Waals surface area contributed by atoms with E-state index in [1.807, 2.05) is 0 Å². The van der Waals surface area contributed by atoms with Crippen LogP contribution in [0.4, 0.5) is 0 Å². The van der Waals surface area contributed by atoms with Crippen molar-refractivity contribution in [3.63, 3.8) is 0 Å². The molecule has 0 bridgehead atoms. The van der Waals surface area contributed by atoms with Gasteiger partial charge in [0.15, 0.2) is 0 Å². The maximum absolute atomic E-state index is 12.6. The number of hydrogen-bond acceptors (Lipinski definition) is 6. The van der Waals surface area contributed by atoms with Crippen molar-refractivity contribution in [2.45, 2.75) is 50.7 Å². The Morgan fingerprint density at radius 1 is 1.26 bits per heavy atom. The van der Waals surface area contributed by atoms with Gasteiger partial charge >= 0.3 is 59.1 Å². The Morgan fingerprint density at radius 2 is 1.89 bits per heavy atom. The van der Waals surface area contributed by atoms with Crippen molar-refractivity contribution in [2.75, 3.05) is 6.54 Å². The number of carbonyl (C=O) groups is 3. The van der Waals surface area contributed by atoms with Crippen molar-refractivity contribution in [3.8, 4) is 0 Å². The van der Waals surface area contributed by atoms with Crippen molar-refractivity contribution in [1.82, 2.24) is 10.2 Å². The predicted octanol–water partition coefficient (Wildman–Crippen LogP) is -7.54. The fraction of sp³-hybridized carbons (Fsp3) is 0.500. The van der Waals surface area contributed by atoms with E-state index in [4.69, 9.17) is 6.85 Å².